The molecule has 0 saturated carbocycles. The Kier molecular flexibility index (Phi) is 6.89. The van der Waals surface area contributed by atoms with Gasteiger partial charge in [0.1, 0.15) is 0 Å². The van der Waals surface area contributed by atoms with Gasteiger partial charge < -0.3 is 14.9 Å². The Morgan fingerprint density at radius 3 is 2.31 bits per heavy atom. The molecule has 2 heterocycles. The van der Waals surface area contributed by atoms with E-state index in [2.05, 4.69) is 18.9 Å². The molecule has 35 heavy (non-hydrogen) atoms. The van der Waals surface area contributed by atoms with E-state index >= 15 is 0 Å². The molecule has 0 bridgehead atoms. The zero-order chi connectivity index (χ0) is 25.3. The predicted octanol–water partition coefficient (Wildman–Crippen LogP) is 1.67. The number of amides is 1. The van der Waals surface area contributed by atoms with Gasteiger partial charge in [-0.15, -0.1) is 0 Å². The van der Waals surface area contributed by atoms with Crippen molar-refractivity contribution in [3.8, 4) is 5.69 Å². The Hall–Kier alpha value is -3.71. The maximum atomic E-state index is 13.8. The maximum absolute atomic E-state index is 13.8. The predicted molar refractivity (Wildman–Crippen MR) is 133 cm³/mol. The number of hydrogen-bond acceptors (Lipinski definition) is 4. The average molecular weight is 473 g/mol. The molecule has 1 aliphatic heterocycles. The van der Waals surface area contributed by atoms with Gasteiger partial charge in [0.2, 0.25) is 5.78 Å². The molecular weight excluding hydrogens is 440 g/mol. The molecule has 3 aromatic rings. The lowest BCUT2D eigenvalue weighted by atomic mass is 9.93. The van der Waals surface area contributed by atoms with E-state index in [1.165, 1.54) is 6.20 Å². The topological polar surface area (TPSA) is 82.7 Å². The van der Waals surface area contributed by atoms with Gasteiger partial charge in [0, 0.05) is 16.8 Å². The lowest BCUT2D eigenvalue weighted by molar-refractivity contribution is -0.857. The third kappa shape index (κ3) is 4.64. The average Bonchev–Trinajstić information content (AvgIpc) is 3.35. The molecule has 1 atom stereocenters. The quantitative estimate of drug-likeness (QED) is 0.322. The summed E-state index contributed by atoms with van der Waals surface area (Å²) in [6, 6.07) is 16.6. The number of quaternary nitrogens is 1. The number of carbonyl (C=O) groups is 2. The van der Waals surface area contributed by atoms with E-state index in [1.807, 2.05) is 68.7 Å². The summed E-state index contributed by atoms with van der Waals surface area (Å²) in [6.45, 7) is 7.05. The van der Waals surface area contributed by atoms with Crippen molar-refractivity contribution in [2.24, 2.45) is 0 Å². The summed E-state index contributed by atoms with van der Waals surface area (Å²) < 4.78 is 1.68. The SMILES string of the molecule is Cc1c(/C([O-])=C2\C(=O)C(=O)N(CC[NH+](C)C)C2c2ccc(C(C)C)cc2)cnn1-c1ccccc1. The molecule has 1 amide bonds. The number of para-hydroxylation sites is 1. The van der Waals surface area contributed by atoms with Crippen molar-refractivity contribution in [2.45, 2.75) is 32.7 Å². The van der Waals surface area contributed by atoms with Crippen LogP contribution in [0, 0.1) is 6.92 Å². The van der Waals surface area contributed by atoms with Crippen molar-refractivity contribution < 1.29 is 19.6 Å². The fraction of sp³-hybridized carbons (Fsp3) is 0.321. The summed E-state index contributed by atoms with van der Waals surface area (Å²) in [4.78, 5) is 29.0. The van der Waals surface area contributed by atoms with Crippen molar-refractivity contribution in [3.63, 3.8) is 0 Å². The van der Waals surface area contributed by atoms with Crippen molar-refractivity contribution in [2.75, 3.05) is 27.2 Å². The van der Waals surface area contributed by atoms with Crippen LogP contribution in [0.1, 0.15) is 48.2 Å². The molecule has 0 aliphatic carbocycles. The second kappa shape index (κ2) is 9.88. The Bertz CT molecular complexity index is 1260. The van der Waals surface area contributed by atoms with Crippen LogP contribution in [0.3, 0.4) is 0 Å². The van der Waals surface area contributed by atoms with E-state index in [4.69, 9.17) is 0 Å². The third-order valence-electron chi connectivity index (χ3n) is 6.56. The van der Waals surface area contributed by atoms with Crippen molar-refractivity contribution in [1.29, 1.82) is 0 Å². The summed E-state index contributed by atoms with van der Waals surface area (Å²) in [5, 5.41) is 18.2. The summed E-state index contributed by atoms with van der Waals surface area (Å²) in [5.41, 5.74) is 3.68. The number of nitrogens with one attached hydrogen (secondary N) is 1. The summed E-state index contributed by atoms with van der Waals surface area (Å²) in [7, 11) is 3.98. The largest absolute Gasteiger partial charge is 0.872 e. The normalized spacial score (nSPS) is 17.7. The molecule has 7 heteroatoms. The lowest BCUT2D eigenvalue weighted by Crippen LogP contribution is -3.06. The minimum absolute atomic E-state index is 0.00300. The molecule has 1 N–H and O–H groups in total. The number of carbonyl (C=O) groups excluding carboxylic acids is 2. The van der Waals surface area contributed by atoms with Gasteiger partial charge in [-0.25, -0.2) is 4.68 Å². The van der Waals surface area contributed by atoms with Crippen LogP contribution in [0.4, 0.5) is 0 Å². The first kappa shape index (κ1) is 24.4. The van der Waals surface area contributed by atoms with E-state index in [0.29, 0.717) is 30.3 Å². The first-order valence-electron chi connectivity index (χ1n) is 12.0. The van der Waals surface area contributed by atoms with Gasteiger partial charge >= 0.3 is 0 Å². The number of benzene rings is 2. The van der Waals surface area contributed by atoms with Gasteiger partial charge in [-0.3, -0.25) is 9.59 Å². The first-order valence-corrected chi connectivity index (χ1v) is 12.0. The molecule has 0 spiro atoms. The molecule has 1 fully saturated rings. The highest BCUT2D eigenvalue weighted by Gasteiger charge is 2.44. The highest BCUT2D eigenvalue weighted by molar-refractivity contribution is 6.46. The number of ketones is 1. The van der Waals surface area contributed by atoms with Crippen LogP contribution in [0.5, 0.6) is 0 Å². The Labute approximate surface area is 206 Å². The van der Waals surface area contributed by atoms with Gasteiger partial charge in [-0.05, 0) is 36.1 Å². The number of Topliss-reactive ketones (excluding diaryl/α,β-unsaturated/α-hetero) is 1. The van der Waals surface area contributed by atoms with Gasteiger partial charge in [0.05, 0.1) is 45.1 Å². The smallest absolute Gasteiger partial charge is 0.295 e. The Balaban J connectivity index is 1.83. The van der Waals surface area contributed by atoms with Crippen LogP contribution in [0.25, 0.3) is 11.4 Å². The standard InChI is InChI=1S/C28H32N4O3/c1-18(2)20-11-13-21(14-12-20)25-24(27(34)28(35)31(25)16-15-30(4)5)26(33)23-17-29-32(19(23)3)22-9-7-6-8-10-22/h6-14,17-18,25,33H,15-16H2,1-5H3/b26-24+. The van der Waals surface area contributed by atoms with Crippen molar-refractivity contribution >= 4 is 17.4 Å². The molecule has 4 rings (SSSR count). The highest BCUT2D eigenvalue weighted by atomic mass is 16.3. The minimum atomic E-state index is -0.728. The third-order valence-corrected chi connectivity index (χ3v) is 6.56. The fourth-order valence-electron chi connectivity index (χ4n) is 4.46. The van der Waals surface area contributed by atoms with Gasteiger partial charge in [0.15, 0.2) is 0 Å². The second-order valence-corrected chi connectivity index (χ2v) is 9.64. The maximum Gasteiger partial charge on any atom is 0.295 e. The molecule has 1 aliphatic rings. The van der Waals surface area contributed by atoms with E-state index in [0.717, 1.165) is 21.7 Å². The summed E-state index contributed by atoms with van der Waals surface area (Å²) in [5.74, 6) is -1.45. The van der Waals surface area contributed by atoms with E-state index in [1.54, 1.807) is 16.5 Å². The molecule has 1 aromatic heterocycles. The molecule has 0 radical (unpaired) electrons. The van der Waals surface area contributed by atoms with Crippen LogP contribution in [0.15, 0.2) is 66.4 Å². The summed E-state index contributed by atoms with van der Waals surface area (Å²) >= 11 is 0. The molecule has 2 aromatic carbocycles. The van der Waals surface area contributed by atoms with Gasteiger partial charge in [-0.1, -0.05) is 62.1 Å². The second-order valence-electron chi connectivity index (χ2n) is 9.64. The molecular formula is C28H32N4O3. The van der Waals surface area contributed by atoms with Crippen LogP contribution < -0.4 is 10.0 Å². The number of aromatic nitrogens is 2. The molecule has 182 valence electrons. The molecule has 7 nitrogen and oxygen atoms in total. The molecule has 1 unspecified atom stereocenters. The van der Waals surface area contributed by atoms with Crippen molar-refractivity contribution in [3.05, 3.63) is 88.8 Å². The van der Waals surface area contributed by atoms with E-state index in [-0.39, 0.29) is 5.57 Å². The fourth-order valence-corrected chi connectivity index (χ4v) is 4.46. The van der Waals surface area contributed by atoms with Crippen LogP contribution >= 0.6 is 0 Å². The minimum Gasteiger partial charge on any atom is -0.872 e. The Morgan fingerprint density at radius 2 is 1.71 bits per heavy atom. The number of rotatable bonds is 7. The summed E-state index contributed by atoms with van der Waals surface area (Å²) in [6.07, 6.45) is 1.49. The number of likely N-dealkylation sites (tertiary alicyclic amines) is 1. The monoisotopic (exact) mass is 472 g/mol. The van der Waals surface area contributed by atoms with Crippen LogP contribution in [-0.4, -0.2) is 53.6 Å². The molecule has 1 saturated heterocycles. The van der Waals surface area contributed by atoms with Crippen molar-refractivity contribution in [1.82, 2.24) is 14.7 Å². The van der Waals surface area contributed by atoms with Crippen LogP contribution in [-0.2, 0) is 9.59 Å². The zero-order valence-electron chi connectivity index (χ0n) is 20.9. The first-order chi connectivity index (χ1) is 16.7. The van der Waals surface area contributed by atoms with Crippen LogP contribution in [0.2, 0.25) is 0 Å². The number of nitrogens with zero attached hydrogens (tertiary/aromatic N) is 3. The van der Waals surface area contributed by atoms with Gasteiger partial charge in [0.25, 0.3) is 5.91 Å². The zero-order valence-corrected chi connectivity index (χ0v) is 20.9. The lowest BCUT2D eigenvalue weighted by Gasteiger charge is -2.28. The van der Waals surface area contributed by atoms with E-state index < -0.39 is 23.5 Å². The highest BCUT2D eigenvalue weighted by Crippen LogP contribution is 2.39. The number of likely N-dealkylation sites (N-methyl/N-ethyl adjacent to an activating group) is 1. The van der Waals surface area contributed by atoms with Gasteiger partial charge in [-0.2, -0.15) is 5.10 Å². The van der Waals surface area contributed by atoms with E-state index in [9.17, 15) is 14.7 Å². The number of hydrogen-bond donors (Lipinski definition) is 1. The Morgan fingerprint density at radius 1 is 1.06 bits per heavy atom.